The monoisotopic (exact) mass is 264 g/mol. The first-order valence-electron chi connectivity index (χ1n) is 6.96. The van der Waals surface area contributed by atoms with E-state index < -0.39 is 0 Å². The molecular formula is C16H28N2O. The molecule has 0 radical (unpaired) electrons. The van der Waals surface area contributed by atoms with Gasteiger partial charge in [0.25, 0.3) is 0 Å². The molecule has 0 aliphatic carbocycles. The summed E-state index contributed by atoms with van der Waals surface area (Å²) in [5, 5.41) is 0. The smallest absolute Gasteiger partial charge is 0.122 e. The van der Waals surface area contributed by atoms with Gasteiger partial charge in [0.15, 0.2) is 0 Å². The van der Waals surface area contributed by atoms with E-state index in [9.17, 15) is 0 Å². The second kappa shape index (κ2) is 6.92. The predicted octanol–water partition coefficient (Wildman–Crippen LogP) is 2.81. The van der Waals surface area contributed by atoms with Crippen LogP contribution >= 0.6 is 0 Å². The standard InChI is InChI=1S/C16H28N2O/c1-11(2)13-7-8-16(19-6)14(9-13)12(3)15(10-17)18(4)5/h7-9,11-12,15H,10,17H2,1-6H3. The van der Waals surface area contributed by atoms with E-state index in [1.807, 2.05) is 0 Å². The molecule has 108 valence electrons. The molecule has 2 N–H and O–H groups in total. The molecule has 1 rings (SSSR count). The molecule has 19 heavy (non-hydrogen) atoms. The van der Waals surface area contributed by atoms with Crippen LogP contribution in [-0.4, -0.2) is 38.7 Å². The Hall–Kier alpha value is -1.06. The van der Waals surface area contributed by atoms with Crippen LogP contribution in [0.4, 0.5) is 0 Å². The van der Waals surface area contributed by atoms with Crippen molar-refractivity contribution in [3.8, 4) is 5.75 Å². The van der Waals surface area contributed by atoms with Crippen LogP contribution in [-0.2, 0) is 0 Å². The SMILES string of the molecule is COc1ccc(C(C)C)cc1C(C)C(CN)N(C)C. The van der Waals surface area contributed by atoms with Gasteiger partial charge in [0, 0.05) is 18.5 Å². The Kier molecular flexibility index (Phi) is 5.83. The molecule has 3 nitrogen and oxygen atoms in total. The number of nitrogens with zero attached hydrogens (tertiary/aromatic N) is 1. The number of likely N-dealkylation sites (N-methyl/N-ethyl adjacent to an activating group) is 1. The Morgan fingerprint density at radius 3 is 2.26 bits per heavy atom. The Morgan fingerprint density at radius 2 is 1.84 bits per heavy atom. The van der Waals surface area contributed by atoms with Crippen molar-refractivity contribution in [2.24, 2.45) is 5.73 Å². The van der Waals surface area contributed by atoms with Crippen molar-refractivity contribution < 1.29 is 4.74 Å². The molecular weight excluding hydrogens is 236 g/mol. The van der Waals surface area contributed by atoms with Crippen LogP contribution in [0.15, 0.2) is 18.2 Å². The van der Waals surface area contributed by atoms with Crippen LogP contribution in [0.1, 0.15) is 43.7 Å². The van der Waals surface area contributed by atoms with E-state index >= 15 is 0 Å². The van der Waals surface area contributed by atoms with E-state index in [4.69, 9.17) is 10.5 Å². The lowest BCUT2D eigenvalue weighted by molar-refractivity contribution is 0.263. The molecule has 0 aliphatic rings. The second-order valence-electron chi connectivity index (χ2n) is 5.71. The van der Waals surface area contributed by atoms with Gasteiger partial charge < -0.3 is 15.4 Å². The maximum atomic E-state index is 5.92. The highest BCUT2D eigenvalue weighted by atomic mass is 16.5. The highest BCUT2D eigenvalue weighted by Gasteiger charge is 2.23. The number of methoxy groups -OCH3 is 1. The minimum Gasteiger partial charge on any atom is -0.496 e. The van der Waals surface area contributed by atoms with Crippen LogP contribution in [0.25, 0.3) is 0 Å². The molecule has 0 aromatic heterocycles. The minimum absolute atomic E-state index is 0.316. The van der Waals surface area contributed by atoms with Gasteiger partial charge in [0.1, 0.15) is 5.75 Å². The summed E-state index contributed by atoms with van der Waals surface area (Å²) in [5.74, 6) is 1.82. The number of ether oxygens (including phenoxy) is 1. The maximum absolute atomic E-state index is 5.92. The third-order valence-electron chi connectivity index (χ3n) is 3.89. The van der Waals surface area contributed by atoms with Crippen molar-refractivity contribution in [1.29, 1.82) is 0 Å². The molecule has 0 saturated carbocycles. The van der Waals surface area contributed by atoms with Gasteiger partial charge in [-0.1, -0.05) is 32.9 Å². The summed E-state index contributed by atoms with van der Waals surface area (Å²) in [5.41, 5.74) is 8.51. The molecule has 0 bridgehead atoms. The average molecular weight is 264 g/mol. The lowest BCUT2D eigenvalue weighted by Crippen LogP contribution is -2.39. The largest absolute Gasteiger partial charge is 0.496 e. The zero-order valence-corrected chi connectivity index (χ0v) is 13.1. The van der Waals surface area contributed by atoms with E-state index in [1.165, 1.54) is 11.1 Å². The van der Waals surface area contributed by atoms with Crippen LogP contribution in [0.5, 0.6) is 5.75 Å². The lowest BCUT2D eigenvalue weighted by atomic mass is 9.89. The van der Waals surface area contributed by atoms with Crippen LogP contribution in [0.3, 0.4) is 0 Å². The van der Waals surface area contributed by atoms with Gasteiger partial charge in [-0.05, 0) is 37.2 Å². The summed E-state index contributed by atoms with van der Waals surface area (Å²) >= 11 is 0. The topological polar surface area (TPSA) is 38.5 Å². The molecule has 0 heterocycles. The Morgan fingerprint density at radius 1 is 1.21 bits per heavy atom. The van der Waals surface area contributed by atoms with Gasteiger partial charge in [0.2, 0.25) is 0 Å². The van der Waals surface area contributed by atoms with Gasteiger partial charge >= 0.3 is 0 Å². The Bertz CT molecular complexity index is 402. The molecule has 0 amide bonds. The summed E-state index contributed by atoms with van der Waals surface area (Å²) in [6.07, 6.45) is 0. The Balaban J connectivity index is 3.18. The minimum atomic E-state index is 0.316. The molecule has 0 aliphatic heterocycles. The highest BCUT2D eigenvalue weighted by molar-refractivity contribution is 5.41. The molecule has 0 fully saturated rings. The third-order valence-corrected chi connectivity index (χ3v) is 3.89. The average Bonchev–Trinajstić information content (AvgIpc) is 2.38. The number of benzene rings is 1. The molecule has 3 heteroatoms. The first kappa shape index (κ1) is 16.0. The number of nitrogens with two attached hydrogens (primary N) is 1. The third kappa shape index (κ3) is 3.71. The lowest BCUT2D eigenvalue weighted by Gasteiger charge is -2.30. The van der Waals surface area contributed by atoms with E-state index in [-0.39, 0.29) is 0 Å². The summed E-state index contributed by atoms with van der Waals surface area (Å²) < 4.78 is 5.52. The normalized spacial score (nSPS) is 14.8. The van der Waals surface area contributed by atoms with E-state index in [0.717, 1.165) is 5.75 Å². The van der Waals surface area contributed by atoms with Gasteiger partial charge in [-0.15, -0.1) is 0 Å². The highest BCUT2D eigenvalue weighted by Crippen LogP contribution is 2.32. The fourth-order valence-electron chi connectivity index (χ4n) is 2.54. The molecule has 0 spiro atoms. The fourth-order valence-corrected chi connectivity index (χ4v) is 2.54. The molecule has 1 aromatic rings. The first-order valence-corrected chi connectivity index (χ1v) is 6.96. The summed E-state index contributed by atoms with van der Waals surface area (Å²) in [7, 11) is 5.88. The zero-order valence-electron chi connectivity index (χ0n) is 13.1. The van der Waals surface area contributed by atoms with Gasteiger partial charge in [-0.25, -0.2) is 0 Å². The zero-order chi connectivity index (χ0) is 14.6. The molecule has 2 unspecified atom stereocenters. The summed E-state index contributed by atoms with van der Waals surface area (Å²) in [6, 6.07) is 6.80. The summed E-state index contributed by atoms with van der Waals surface area (Å²) in [4.78, 5) is 2.19. The Labute approximate surface area is 117 Å². The van der Waals surface area contributed by atoms with Crippen LogP contribution in [0, 0.1) is 0 Å². The van der Waals surface area contributed by atoms with E-state index in [2.05, 4.69) is 58.0 Å². The summed E-state index contributed by atoms with van der Waals surface area (Å²) in [6.45, 7) is 7.29. The maximum Gasteiger partial charge on any atom is 0.122 e. The van der Waals surface area contributed by atoms with Gasteiger partial charge in [-0.3, -0.25) is 0 Å². The van der Waals surface area contributed by atoms with Crippen molar-refractivity contribution in [3.05, 3.63) is 29.3 Å². The fraction of sp³-hybridized carbons (Fsp3) is 0.625. The van der Waals surface area contributed by atoms with Crippen LogP contribution in [0.2, 0.25) is 0 Å². The van der Waals surface area contributed by atoms with Crippen molar-refractivity contribution in [3.63, 3.8) is 0 Å². The first-order chi connectivity index (χ1) is 8.92. The van der Waals surface area contributed by atoms with Crippen molar-refractivity contribution in [1.82, 2.24) is 4.90 Å². The van der Waals surface area contributed by atoms with Gasteiger partial charge in [0.05, 0.1) is 7.11 Å². The van der Waals surface area contributed by atoms with Crippen molar-refractivity contribution >= 4 is 0 Å². The van der Waals surface area contributed by atoms with E-state index in [1.54, 1.807) is 7.11 Å². The number of hydrogen-bond acceptors (Lipinski definition) is 3. The second-order valence-corrected chi connectivity index (χ2v) is 5.71. The van der Waals surface area contributed by atoms with Crippen molar-refractivity contribution in [2.45, 2.75) is 38.6 Å². The molecule has 1 aromatic carbocycles. The molecule has 0 saturated heterocycles. The van der Waals surface area contributed by atoms with Gasteiger partial charge in [-0.2, -0.15) is 0 Å². The number of rotatable bonds is 6. The molecule has 2 atom stereocenters. The van der Waals surface area contributed by atoms with Crippen molar-refractivity contribution in [2.75, 3.05) is 27.7 Å². The van der Waals surface area contributed by atoms with Crippen LogP contribution < -0.4 is 10.5 Å². The quantitative estimate of drug-likeness (QED) is 0.858. The predicted molar refractivity (Wildman–Crippen MR) is 82.0 cm³/mol. The van der Waals surface area contributed by atoms with E-state index in [0.29, 0.717) is 24.4 Å². The number of hydrogen-bond donors (Lipinski definition) is 1.